The predicted octanol–water partition coefficient (Wildman–Crippen LogP) is 1.28. The number of halogens is 3. The van der Waals surface area contributed by atoms with Gasteiger partial charge in [-0.3, -0.25) is 4.99 Å². The van der Waals surface area contributed by atoms with Crippen molar-refractivity contribution in [1.82, 2.24) is 0 Å². The molecule has 0 bridgehead atoms. The van der Waals surface area contributed by atoms with Crippen LogP contribution in [0.2, 0.25) is 0 Å². The minimum Gasteiger partial charge on any atom is -0.385 e. The van der Waals surface area contributed by atoms with E-state index in [4.69, 9.17) is 16.2 Å². The van der Waals surface area contributed by atoms with Crippen LogP contribution in [0.5, 0.6) is 0 Å². The van der Waals surface area contributed by atoms with Gasteiger partial charge in [-0.05, 0) is 19.4 Å². The Hall–Kier alpha value is -1.34. The highest BCUT2D eigenvalue weighted by Crippen LogP contribution is 2.40. The highest BCUT2D eigenvalue weighted by Gasteiger charge is 2.49. The fourth-order valence-corrected chi connectivity index (χ4v) is 2.28. The molecule has 1 aliphatic carbocycles. The molecule has 1 heterocycles. The number of nitrogens with zero attached hydrogens (tertiary/aromatic N) is 1. The van der Waals surface area contributed by atoms with Crippen molar-refractivity contribution < 1.29 is 17.9 Å². The summed E-state index contributed by atoms with van der Waals surface area (Å²) in [5, 5.41) is 0. The van der Waals surface area contributed by atoms with Crippen molar-refractivity contribution in [3.8, 4) is 0 Å². The molecular formula is C12H16F3N3O. The van der Waals surface area contributed by atoms with E-state index in [1.807, 2.05) is 0 Å². The van der Waals surface area contributed by atoms with Gasteiger partial charge >= 0.3 is 0 Å². The van der Waals surface area contributed by atoms with E-state index < -0.39 is 29.9 Å². The van der Waals surface area contributed by atoms with Gasteiger partial charge in [0.05, 0.1) is 6.61 Å². The lowest BCUT2D eigenvalue weighted by atomic mass is 9.78. The van der Waals surface area contributed by atoms with E-state index in [1.165, 1.54) is 6.08 Å². The Morgan fingerprint density at radius 2 is 2.16 bits per heavy atom. The molecule has 2 atom stereocenters. The molecule has 0 saturated carbocycles. The maximum absolute atomic E-state index is 13.9. The minimum atomic E-state index is -2.92. The zero-order chi connectivity index (χ0) is 14.3. The molecule has 106 valence electrons. The number of hydrogen-bond acceptors (Lipinski definition) is 4. The largest absolute Gasteiger partial charge is 0.385 e. The first-order valence-electron chi connectivity index (χ1n) is 5.84. The Kier molecular flexibility index (Phi) is 3.44. The third-order valence-corrected chi connectivity index (χ3v) is 3.26. The SMILES string of the molecule is CC1(N)C=CC(F)=C([C@]2(C(F)F)COCC(N)=N2)C1. The topological polar surface area (TPSA) is 73.6 Å². The first-order valence-corrected chi connectivity index (χ1v) is 5.84. The first kappa shape index (κ1) is 14.1. The van der Waals surface area contributed by atoms with Crippen molar-refractivity contribution in [2.24, 2.45) is 16.5 Å². The van der Waals surface area contributed by atoms with Crippen LogP contribution in [0.1, 0.15) is 13.3 Å². The van der Waals surface area contributed by atoms with E-state index in [2.05, 4.69) is 4.99 Å². The summed E-state index contributed by atoms with van der Waals surface area (Å²) in [6, 6.07) is 0. The quantitative estimate of drug-likeness (QED) is 0.797. The standard InChI is InChI=1S/C12H16F3N3O/c1-11(17)3-2-8(13)7(4-11)12(10(14)15)6-19-5-9(16)18-12/h2-3,10H,4-6,17H2,1H3,(H2,16,18)/t11?,12-/m0/s1. The maximum atomic E-state index is 13.9. The molecule has 4 N–H and O–H groups in total. The second-order valence-corrected chi connectivity index (χ2v) is 5.16. The number of rotatable bonds is 2. The monoisotopic (exact) mass is 275 g/mol. The van der Waals surface area contributed by atoms with Crippen molar-refractivity contribution in [3.63, 3.8) is 0 Å². The fraction of sp³-hybridized carbons (Fsp3) is 0.583. The zero-order valence-electron chi connectivity index (χ0n) is 10.5. The molecule has 0 fully saturated rings. The predicted molar refractivity (Wildman–Crippen MR) is 65.7 cm³/mol. The highest BCUT2D eigenvalue weighted by molar-refractivity contribution is 5.83. The average Bonchev–Trinajstić information content (AvgIpc) is 2.32. The van der Waals surface area contributed by atoms with E-state index in [0.717, 1.165) is 6.08 Å². The van der Waals surface area contributed by atoms with Gasteiger partial charge in [0, 0.05) is 11.1 Å². The Bertz CT molecular complexity index is 471. The van der Waals surface area contributed by atoms with Crippen LogP contribution in [0.4, 0.5) is 13.2 Å². The number of aliphatic imine (C=N–C) groups is 1. The second kappa shape index (κ2) is 4.64. The van der Waals surface area contributed by atoms with Crippen LogP contribution in [-0.2, 0) is 4.74 Å². The van der Waals surface area contributed by atoms with Gasteiger partial charge in [-0.1, -0.05) is 6.08 Å². The molecule has 0 amide bonds. The molecule has 1 aliphatic heterocycles. The molecule has 0 saturated heterocycles. The summed E-state index contributed by atoms with van der Waals surface area (Å²) >= 11 is 0. The Balaban J connectivity index is 2.51. The molecule has 7 heteroatoms. The van der Waals surface area contributed by atoms with Gasteiger partial charge in [-0.25, -0.2) is 13.2 Å². The molecule has 2 aliphatic rings. The lowest BCUT2D eigenvalue weighted by molar-refractivity contribution is 0.00472. The third-order valence-electron chi connectivity index (χ3n) is 3.26. The summed E-state index contributed by atoms with van der Waals surface area (Å²) in [6.07, 6.45) is -0.431. The maximum Gasteiger partial charge on any atom is 0.269 e. The van der Waals surface area contributed by atoms with Crippen LogP contribution in [0.3, 0.4) is 0 Å². The van der Waals surface area contributed by atoms with Crippen molar-refractivity contribution >= 4 is 5.84 Å². The molecular weight excluding hydrogens is 259 g/mol. The van der Waals surface area contributed by atoms with E-state index >= 15 is 0 Å². The van der Waals surface area contributed by atoms with E-state index in [9.17, 15) is 13.2 Å². The van der Waals surface area contributed by atoms with Crippen LogP contribution < -0.4 is 11.5 Å². The molecule has 19 heavy (non-hydrogen) atoms. The number of allylic oxidation sites excluding steroid dienone is 2. The Morgan fingerprint density at radius 1 is 1.47 bits per heavy atom. The van der Waals surface area contributed by atoms with Crippen molar-refractivity contribution in [2.75, 3.05) is 13.2 Å². The van der Waals surface area contributed by atoms with Gasteiger partial charge in [0.25, 0.3) is 6.43 Å². The number of amidine groups is 1. The van der Waals surface area contributed by atoms with E-state index in [0.29, 0.717) is 0 Å². The lowest BCUT2D eigenvalue weighted by Crippen LogP contribution is -2.51. The molecule has 0 radical (unpaired) electrons. The fourth-order valence-electron chi connectivity index (χ4n) is 2.28. The van der Waals surface area contributed by atoms with Crippen LogP contribution in [-0.4, -0.2) is 36.6 Å². The van der Waals surface area contributed by atoms with Gasteiger partial charge in [-0.2, -0.15) is 0 Å². The summed E-state index contributed by atoms with van der Waals surface area (Å²) in [7, 11) is 0. The minimum absolute atomic E-state index is 0.0287. The van der Waals surface area contributed by atoms with Crippen LogP contribution in [0.25, 0.3) is 0 Å². The third kappa shape index (κ3) is 2.52. The number of ether oxygens (including phenoxy) is 1. The smallest absolute Gasteiger partial charge is 0.269 e. The van der Waals surface area contributed by atoms with Gasteiger partial charge in [0.1, 0.15) is 18.3 Å². The van der Waals surface area contributed by atoms with Crippen LogP contribution >= 0.6 is 0 Å². The number of nitrogens with two attached hydrogens (primary N) is 2. The van der Waals surface area contributed by atoms with E-state index in [-0.39, 0.29) is 24.4 Å². The Morgan fingerprint density at radius 3 is 2.74 bits per heavy atom. The highest BCUT2D eigenvalue weighted by atomic mass is 19.3. The van der Waals surface area contributed by atoms with Crippen LogP contribution in [0, 0.1) is 0 Å². The molecule has 0 aromatic carbocycles. The van der Waals surface area contributed by atoms with Crippen LogP contribution in [0.15, 0.2) is 28.5 Å². The van der Waals surface area contributed by atoms with Gasteiger partial charge < -0.3 is 16.2 Å². The lowest BCUT2D eigenvalue weighted by Gasteiger charge is -2.38. The van der Waals surface area contributed by atoms with Gasteiger partial charge in [0.15, 0.2) is 5.54 Å². The van der Waals surface area contributed by atoms with Gasteiger partial charge in [0.2, 0.25) is 0 Å². The number of alkyl halides is 2. The Labute approximate surface area is 109 Å². The molecule has 0 aromatic heterocycles. The normalized spacial score (nSPS) is 35.8. The number of hydrogen-bond donors (Lipinski definition) is 2. The summed E-state index contributed by atoms with van der Waals surface area (Å²) < 4.78 is 45.9. The molecule has 0 aromatic rings. The molecule has 2 rings (SSSR count). The second-order valence-electron chi connectivity index (χ2n) is 5.16. The first-order chi connectivity index (χ1) is 8.77. The summed E-state index contributed by atoms with van der Waals surface area (Å²) in [5.41, 5.74) is 8.22. The van der Waals surface area contributed by atoms with Crippen molar-refractivity contribution in [3.05, 3.63) is 23.6 Å². The van der Waals surface area contributed by atoms with Crippen molar-refractivity contribution in [1.29, 1.82) is 0 Å². The molecule has 0 spiro atoms. The molecule has 4 nitrogen and oxygen atoms in total. The molecule has 1 unspecified atom stereocenters. The van der Waals surface area contributed by atoms with Gasteiger partial charge in [-0.15, -0.1) is 0 Å². The zero-order valence-corrected chi connectivity index (χ0v) is 10.5. The average molecular weight is 275 g/mol. The summed E-state index contributed by atoms with van der Waals surface area (Å²) in [6.45, 7) is 1.20. The summed E-state index contributed by atoms with van der Waals surface area (Å²) in [4.78, 5) is 3.78. The van der Waals surface area contributed by atoms with Crippen molar-refractivity contribution in [2.45, 2.75) is 30.8 Å². The summed E-state index contributed by atoms with van der Waals surface area (Å²) in [5.74, 6) is -0.814. The van der Waals surface area contributed by atoms with E-state index in [1.54, 1.807) is 6.92 Å².